The Bertz CT molecular complexity index is 150. The molecule has 0 saturated carbocycles. The van der Waals surface area contributed by atoms with E-state index in [1.165, 1.54) is 6.92 Å². The van der Waals surface area contributed by atoms with Crippen LogP contribution in [0.3, 0.4) is 0 Å². The van der Waals surface area contributed by atoms with Crippen molar-refractivity contribution in [2.45, 2.75) is 32.9 Å². The minimum absolute atomic E-state index is 0.0237. The molecule has 78 valence electrons. The van der Waals surface area contributed by atoms with E-state index in [0.717, 1.165) is 13.1 Å². The van der Waals surface area contributed by atoms with Gasteiger partial charge in [-0.2, -0.15) is 0 Å². The molecular formula is C9H21N3O. The van der Waals surface area contributed by atoms with Gasteiger partial charge in [0.15, 0.2) is 0 Å². The molecule has 0 aliphatic heterocycles. The lowest BCUT2D eigenvalue weighted by atomic mass is 10.3. The summed E-state index contributed by atoms with van der Waals surface area (Å²) in [5.74, 6) is 0.0237. The van der Waals surface area contributed by atoms with Crippen LogP contribution in [0.15, 0.2) is 0 Å². The molecule has 0 fully saturated rings. The maximum absolute atomic E-state index is 10.7. The maximum Gasteiger partial charge on any atom is 0.217 e. The molecule has 4 nitrogen and oxygen atoms in total. The predicted molar refractivity (Wildman–Crippen MR) is 54.7 cm³/mol. The molecule has 0 aromatic carbocycles. The molecule has 3 N–H and O–H groups in total. The highest BCUT2D eigenvalue weighted by atomic mass is 16.1. The van der Waals surface area contributed by atoms with Crippen LogP contribution in [-0.4, -0.2) is 38.1 Å². The Morgan fingerprint density at radius 2 is 1.85 bits per heavy atom. The van der Waals surface area contributed by atoms with Gasteiger partial charge in [0.05, 0.1) is 0 Å². The highest BCUT2D eigenvalue weighted by Gasteiger charge is 2.04. The van der Waals surface area contributed by atoms with Crippen molar-refractivity contribution < 1.29 is 4.79 Å². The minimum Gasteiger partial charge on any atom is -0.353 e. The molecule has 0 heterocycles. The van der Waals surface area contributed by atoms with E-state index in [1.54, 1.807) is 0 Å². The lowest BCUT2D eigenvalue weighted by Crippen LogP contribution is -2.44. The van der Waals surface area contributed by atoms with Crippen LogP contribution in [0.5, 0.6) is 0 Å². The van der Waals surface area contributed by atoms with Crippen LogP contribution in [0.4, 0.5) is 0 Å². The van der Waals surface area contributed by atoms with Gasteiger partial charge >= 0.3 is 0 Å². The molecule has 0 spiro atoms. The highest BCUT2D eigenvalue weighted by Crippen LogP contribution is 1.82. The Morgan fingerprint density at radius 1 is 1.23 bits per heavy atom. The first-order chi connectivity index (χ1) is 6.06. The van der Waals surface area contributed by atoms with Crippen LogP contribution in [0.1, 0.15) is 20.8 Å². The average molecular weight is 187 g/mol. The van der Waals surface area contributed by atoms with E-state index in [1.807, 2.05) is 14.0 Å². The minimum atomic E-state index is 0.0237. The Hall–Kier alpha value is -0.610. The van der Waals surface area contributed by atoms with Gasteiger partial charge in [-0.05, 0) is 20.9 Å². The van der Waals surface area contributed by atoms with Crippen molar-refractivity contribution >= 4 is 5.91 Å². The van der Waals surface area contributed by atoms with Crippen molar-refractivity contribution in [3.05, 3.63) is 0 Å². The Labute approximate surface area is 80.5 Å². The first-order valence-electron chi connectivity index (χ1n) is 4.71. The SMILES string of the molecule is CNC[C@H](C)NC[C@H](C)NC(C)=O. The largest absolute Gasteiger partial charge is 0.353 e. The van der Waals surface area contributed by atoms with E-state index in [-0.39, 0.29) is 11.9 Å². The van der Waals surface area contributed by atoms with Crippen LogP contribution in [0, 0.1) is 0 Å². The van der Waals surface area contributed by atoms with Gasteiger partial charge in [-0.25, -0.2) is 0 Å². The molecular weight excluding hydrogens is 166 g/mol. The van der Waals surface area contributed by atoms with Crippen molar-refractivity contribution in [1.29, 1.82) is 0 Å². The second-order valence-electron chi connectivity index (χ2n) is 3.47. The van der Waals surface area contributed by atoms with Gasteiger partial charge in [-0.3, -0.25) is 4.79 Å². The first kappa shape index (κ1) is 12.4. The van der Waals surface area contributed by atoms with Crippen LogP contribution in [-0.2, 0) is 4.79 Å². The molecule has 0 aromatic rings. The number of rotatable bonds is 6. The molecule has 0 saturated heterocycles. The number of nitrogens with one attached hydrogen (secondary N) is 3. The van der Waals surface area contributed by atoms with Crippen LogP contribution in [0.25, 0.3) is 0 Å². The fourth-order valence-electron chi connectivity index (χ4n) is 1.15. The molecule has 0 aromatic heterocycles. The summed E-state index contributed by atoms with van der Waals surface area (Å²) < 4.78 is 0. The number of likely N-dealkylation sites (N-methyl/N-ethyl adjacent to an activating group) is 1. The predicted octanol–water partition coefficient (Wildman–Crippen LogP) is -0.291. The van der Waals surface area contributed by atoms with Gasteiger partial charge in [-0.1, -0.05) is 0 Å². The van der Waals surface area contributed by atoms with Gasteiger partial charge in [0.1, 0.15) is 0 Å². The van der Waals surface area contributed by atoms with E-state index in [2.05, 4.69) is 22.9 Å². The summed E-state index contributed by atoms with van der Waals surface area (Å²) in [6.45, 7) is 7.38. The lowest BCUT2D eigenvalue weighted by molar-refractivity contribution is -0.119. The Balaban J connectivity index is 3.45. The molecule has 0 rings (SSSR count). The Kier molecular flexibility index (Phi) is 6.54. The third kappa shape index (κ3) is 7.74. The van der Waals surface area contributed by atoms with Gasteiger partial charge in [0.25, 0.3) is 0 Å². The molecule has 0 aliphatic carbocycles. The van der Waals surface area contributed by atoms with Gasteiger partial charge in [0, 0.05) is 32.1 Å². The van der Waals surface area contributed by atoms with Gasteiger partial charge < -0.3 is 16.0 Å². The number of carbonyl (C=O) groups is 1. The topological polar surface area (TPSA) is 53.2 Å². The normalized spacial score (nSPS) is 15.1. The first-order valence-corrected chi connectivity index (χ1v) is 4.71. The van der Waals surface area contributed by atoms with Crippen molar-refractivity contribution in [2.24, 2.45) is 0 Å². The quantitative estimate of drug-likeness (QED) is 0.535. The monoisotopic (exact) mass is 187 g/mol. The van der Waals surface area contributed by atoms with Crippen LogP contribution >= 0.6 is 0 Å². The summed E-state index contributed by atoms with van der Waals surface area (Å²) in [7, 11) is 1.93. The van der Waals surface area contributed by atoms with Crippen molar-refractivity contribution in [3.8, 4) is 0 Å². The number of amides is 1. The molecule has 1 amide bonds. The molecule has 4 heteroatoms. The summed E-state index contributed by atoms with van der Waals surface area (Å²) in [6.07, 6.45) is 0. The fraction of sp³-hybridized carbons (Fsp3) is 0.889. The van der Waals surface area contributed by atoms with E-state index >= 15 is 0 Å². The molecule has 0 aliphatic rings. The summed E-state index contributed by atoms with van der Waals surface area (Å²) in [4.78, 5) is 10.7. The summed E-state index contributed by atoms with van der Waals surface area (Å²) in [6, 6.07) is 0.623. The zero-order valence-corrected chi connectivity index (χ0v) is 8.98. The third-order valence-corrected chi connectivity index (χ3v) is 1.73. The summed E-state index contributed by atoms with van der Waals surface area (Å²) in [5, 5.41) is 9.21. The second kappa shape index (κ2) is 6.86. The van der Waals surface area contributed by atoms with E-state index < -0.39 is 0 Å². The average Bonchev–Trinajstić information content (AvgIpc) is 2.00. The van der Waals surface area contributed by atoms with Crippen LogP contribution in [0.2, 0.25) is 0 Å². The number of hydrogen-bond acceptors (Lipinski definition) is 3. The standard InChI is InChI=1S/C9H21N3O/c1-7(5-10-4)11-6-8(2)12-9(3)13/h7-8,10-11H,5-6H2,1-4H3,(H,12,13)/t7-,8-/m0/s1. The highest BCUT2D eigenvalue weighted by molar-refractivity contribution is 5.73. The van der Waals surface area contributed by atoms with Crippen molar-refractivity contribution in [3.63, 3.8) is 0 Å². The van der Waals surface area contributed by atoms with Crippen LogP contribution < -0.4 is 16.0 Å². The second-order valence-corrected chi connectivity index (χ2v) is 3.47. The summed E-state index contributed by atoms with van der Waals surface area (Å²) >= 11 is 0. The molecule has 2 atom stereocenters. The molecule has 13 heavy (non-hydrogen) atoms. The third-order valence-electron chi connectivity index (χ3n) is 1.73. The summed E-state index contributed by atoms with van der Waals surface area (Å²) in [5.41, 5.74) is 0. The van der Waals surface area contributed by atoms with Gasteiger partial charge in [0.2, 0.25) is 5.91 Å². The van der Waals surface area contributed by atoms with E-state index in [0.29, 0.717) is 6.04 Å². The van der Waals surface area contributed by atoms with Gasteiger partial charge in [-0.15, -0.1) is 0 Å². The van der Waals surface area contributed by atoms with E-state index in [4.69, 9.17) is 0 Å². The number of carbonyl (C=O) groups excluding carboxylic acids is 1. The van der Waals surface area contributed by atoms with Crippen molar-refractivity contribution in [2.75, 3.05) is 20.1 Å². The van der Waals surface area contributed by atoms with E-state index in [9.17, 15) is 4.79 Å². The molecule has 0 bridgehead atoms. The number of hydrogen-bond donors (Lipinski definition) is 3. The molecule has 0 unspecified atom stereocenters. The maximum atomic E-state index is 10.7. The Morgan fingerprint density at radius 3 is 2.31 bits per heavy atom. The lowest BCUT2D eigenvalue weighted by Gasteiger charge is -2.17. The fourth-order valence-corrected chi connectivity index (χ4v) is 1.15. The smallest absolute Gasteiger partial charge is 0.217 e. The van der Waals surface area contributed by atoms with Crippen molar-refractivity contribution in [1.82, 2.24) is 16.0 Å². The molecule has 0 radical (unpaired) electrons. The zero-order valence-electron chi connectivity index (χ0n) is 8.98. The zero-order chi connectivity index (χ0) is 10.3.